The Labute approximate surface area is 146 Å². The highest BCUT2D eigenvalue weighted by Gasteiger charge is 2.20. The average Bonchev–Trinajstić information content (AvgIpc) is 2.63. The molecule has 0 spiro atoms. The zero-order valence-electron chi connectivity index (χ0n) is 13.4. The smallest absolute Gasteiger partial charge is 0.225 e. The minimum atomic E-state index is -0.528. The first kappa shape index (κ1) is 17.0. The van der Waals surface area contributed by atoms with Crippen LogP contribution in [-0.4, -0.2) is 65.4 Å². The summed E-state index contributed by atoms with van der Waals surface area (Å²) in [7, 11) is 0. The number of aliphatic hydroxyl groups is 1. The molecule has 0 bridgehead atoms. The summed E-state index contributed by atoms with van der Waals surface area (Å²) in [6, 6.07) is 8.96. The summed E-state index contributed by atoms with van der Waals surface area (Å²) in [6.07, 6.45) is 2.99. The fourth-order valence-corrected chi connectivity index (χ4v) is 2.78. The van der Waals surface area contributed by atoms with E-state index in [4.69, 9.17) is 16.3 Å². The van der Waals surface area contributed by atoms with Crippen molar-refractivity contribution in [1.29, 1.82) is 0 Å². The molecule has 1 aliphatic rings. The molecule has 1 aliphatic heterocycles. The van der Waals surface area contributed by atoms with Gasteiger partial charge in [-0.25, -0.2) is 9.97 Å². The van der Waals surface area contributed by atoms with E-state index in [0.717, 1.165) is 32.1 Å². The largest absolute Gasteiger partial charge is 0.491 e. The van der Waals surface area contributed by atoms with Crippen molar-refractivity contribution in [2.75, 3.05) is 44.2 Å². The summed E-state index contributed by atoms with van der Waals surface area (Å²) in [5.41, 5.74) is 0. The lowest BCUT2D eigenvalue weighted by Gasteiger charge is -2.35. The van der Waals surface area contributed by atoms with Crippen LogP contribution in [0.25, 0.3) is 0 Å². The molecule has 7 heteroatoms. The van der Waals surface area contributed by atoms with Crippen molar-refractivity contribution < 1.29 is 9.84 Å². The van der Waals surface area contributed by atoms with Gasteiger partial charge in [0.05, 0.1) is 0 Å². The van der Waals surface area contributed by atoms with Gasteiger partial charge in [-0.3, -0.25) is 4.90 Å². The third-order valence-corrected chi connectivity index (χ3v) is 4.18. The van der Waals surface area contributed by atoms with Crippen LogP contribution in [0.5, 0.6) is 5.75 Å². The van der Waals surface area contributed by atoms with Crippen LogP contribution >= 0.6 is 11.6 Å². The van der Waals surface area contributed by atoms with E-state index < -0.39 is 6.10 Å². The number of hydrogen-bond acceptors (Lipinski definition) is 6. The Balaban J connectivity index is 1.40. The number of β-amino-alcohol motifs (C(OH)–C–C–N with tert-alkyl or cyclic N) is 1. The number of rotatable bonds is 6. The van der Waals surface area contributed by atoms with Crippen LogP contribution in [0.3, 0.4) is 0 Å². The first-order valence-corrected chi connectivity index (χ1v) is 8.39. The van der Waals surface area contributed by atoms with Crippen LogP contribution < -0.4 is 9.64 Å². The molecule has 1 aromatic carbocycles. The van der Waals surface area contributed by atoms with E-state index in [1.165, 1.54) is 0 Å². The van der Waals surface area contributed by atoms with E-state index >= 15 is 0 Å². The molecule has 1 fully saturated rings. The van der Waals surface area contributed by atoms with Gasteiger partial charge in [0.2, 0.25) is 5.95 Å². The summed E-state index contributed by atoms with van der Waals surface area (Å²) in [5, 5.41) is 10.8. The van der Waals surface area contributed by atoms with E-state index in [0.29, 0.717) is 17.3 Å². The maximum Gasteiger partial charge on any atom is 0.225 e. The van der Waals surface area contributed by atoms with E-state index in [2.05, 4.69) is 19.8 Å². The van der Waals surface area contributed by atoms with Gasteiger partial charge in [0, 0.05) is 50.1 Å². The second kappa shape index (κ2) is 8.28. The third-order valence-electron chi connectivity index (χ3n) is 3.93. The predicted octanol–water partition coefficient (Wildman–Crippen LogP) is 1.69. The highest BCUT2D eigenvalue weighted by molar-refractivity contribution is 6.30. The number of halogens is 1. The second-order valence-corrected chi connectivity index (χ2v) is 6.19. The molecule has 0 amide bonds. The first-order chi connectivity index (χ1) is 11.7. The highest BCUT2D eigenvalue weighted by atomic mass is 35.5. The lowest BCUT2D eigenvalue weighted by Crippen LogP contribution is -2.49. The number of anilines is 1. The van der Waals surface area contributed by atoms with Crippen LogP contribution in [0.2, 0.25) is 5.02 Å². The number of piperazine rings is 1. The van der Waals surface area contributed by atoms with Crippen LogP contribution in [0, 0.1) is 0 Å². The van der Waals surface area contributed by atoms with Crippen molar-refractivity contribution in [2.45, 2.75) is 6.10 Å². The van der Waals surface area contributed by atoms with Crippen molar-refractivity contribution in [3.05, 3.63) is 47.7 Å². The van der Waals surface area contributed by atoms with Gasteiger partial charge < -0.3 is 14.7 Å². The molecule has 1 saturated heterocycles. The average molecular weight is 349 g/mol. The number of benzene rings is 1. The summed E-state index contributed by atoms with van der Waals surface area (Å²) in [5.74, 6) is 1.48. The first-order valence-electron chi connectivity index (χ1n) is 8.01. The Hall–Kier alpha value is -1.89. The molecule has 24 heavy (non-hydrogen) atoms. The van der Waals surface area contributed by atoms with E-state index in [1.807, 2.05) is 6.07 Å². The minimum absolute atomic E-state index is 0.268. The number of aliphatic hydroxyl groups excluding tert-OH is 1. The van der Waals surface area contributed by atoms with E-state index in [1.54, 1.807) is 36.7 Å². The third kappa shape index (κ3) is 4.80. The lowest BCUT2D eigenvalue weighted by atomic mass is 10.2. The number of aromatic nitrogens is 2. The number of ether oxygens (including phenoxy) is 1. The predicted molar refractivity (Wildman–Crippen MR) is 93.6 cm³/mol. The van der Waals surface area contributed by atoms with Crippen molar-refractivity contribution in [3.8, 4) is 5.75 Å². The maximum absolute atomic E-state index is 10.2. The van der Waals surface area contributed by atoms with Crippen LogP contribution in [0.4, 0.5) is 5.95 Å². The second-order valence-electron chi connectivity index (χ2n) is 5.76. The van der Waals surface area contributed by atoms with Crippen LogP contribution in [0.1, 0.15) is 0 Å². The molecule has 0 radical (unpaired) electrons. The molecule has 1 aromatic heterocycles. The van der Waals surface area contributed by atoms with Crippen LogP contribution in [0.15, 0.2) is 42.7 Å². The Bertz CT molecular complexity index is 618. The Morgan fingerprint density at radius 2 is 1.75 bits per heavy atom. The zero-order valence-corrected chi connectivity index (χ0v) is 14.1. The molecule has 128 valence electrons. The summed E-state index contributed by atoms with van der Waals surface area (Å²) >= 11 is 5.83. The van der Waals surface area contributed by atoms with Crippen molar-refractivity contribution in [3.63, 3.8) is 0 Å². The Kier molecular flexibility index (Phi) is 5.85. The monoisotopic (exact) mass is 348 g/mol. The maximum atomic E-state index is 10.2. The molecule has 2 aromatic rings. The Morgan fingerprint density at radius 1 is 1.08 bits per heavy atom. The van der Waals surface area contributed by atoms with Crippen molar-refractivity contribution in [1.82, 2.24) is 14.9 Å². The summed E-state index contributed by atoms with van der Waals surface area (Å²) in [6.45, 7) is 4.32. The molecule has 1 unspecified atom stereocenters. The summed E-state index contributed by atoms with van der Waals surface area (Å²) < 4.78 is 5.59. The highest BCUT2D eigenvalue weighted by Crippen LogP contribution is 2.16. The van der Waals surface area contributed by atoms with Gasteiger partial charge in [-0.2, -0.15) is 0 Å². The van der Waals surface area contributed by atoms with Crippen molar-refractivity contribution >= 4 is 17.5 Å². The van der Waals surface area contributed by atoms with Gasteiger partial charge in [0.25, 0.3) is 0 Å². The SMILES string of the molecule is OC(COc1ccc(Cl)cc1)CN1CCN(c2ncccn2)CC1. The van der Waals surface area contributed by atoms with Gasteiger partial charge in [-0.15, -0.1) is 0 Å². The van der Waals surface area contributed by atoms with Gasteiger partial charge in [-0.05, 0) is 30.3 Å². The molecular weight excluding hydrogens is 328 g/mol. The van der Waals surface area contributed by atoms with E-state index in [9.17, 15) is 5.11 Å². The normalized spacial score (nSPS) is 16.8. The van der Waals surface area contributed by atoms with Gasteiger partial charge in [0.1, 0.15) is 18.5 Å². The van der Waals surface area contributed by atoms with E-state index in [-0.39, 0.29) is 6.61 Å². The number of hydrogen-bond donors (Lipinski definition) is 1. The molecule has 1 N–H and O–H groups in total. The standard InChI is InChI=1S/C17H21ClN4O2/c18-14-2-4-16(5-3-14)24-13-15(23)12-21-8-10-22(11-9-21)17-19-6-1-7-20-17/h1-7,15,23H,8-13H2. The Morgan fingerprint density at radius 3 is 2.42 bits per heavy atom. The van der Waals surface area contributed by atoms with Gasteiger partial charge in [0.15, 0.2) is 0 Å². The quantitative estimate of drug-likeness (QED) is 0.857. The van der Waals surface area contributed by atoms with Crippen molar-refractivity contribution in [2.24, 2.45) is 0 Å². The molecule has 1 atom stereocenters. The van der Waals surface area contributed by atoms with Gasteiger partial charge in [-0.1, -0.05) is 11.6 Å². The number of nitrogens with zero attached hydrogens (tertiary/aromatic N) is 4. The molecule has 6 nitrogen and oxygen atoms in total. The molecule has 0 aliphatic carbocycles. The molecule has 2 heterocycles. The summed E-state index contributed by atoms with van der Waals surface area (Å²) in [4.78, 5) is 12.9. The fourth-order valence-electron chi connectivity index (χ4n) is 2.66. The minimum Gasteiger partial charge on any atom is -0.491 e. The molecular formula is C17H21ClN4O2. The topological polar surface area (TPSA) is 61.7 Å². The molecule has 3 rings (SSSR count). The van der Waals surface area contributed by atoms with Gasteiger partial charge >= 0.3 is 0 Å². The zero-order chi connectivity index (χ0) is 16.8. The van der Waals surface area contributed by atoms with Crippen LogP contribution in [-0.2, 0) is 0 Å². The lowest BCUT2D eigenvalue weighted by molar-refractivity contribution is 0.0662. The fraction of sp³-hybridized carbons (Fsp3) is 0.412. The molecule has 0 saturated carbocycles.